The monoisotopic (exact) mass is 1390 g/mol. The van der Waals surface area contributed by atoms with Gasteiger partial charge >= 0.3 is 6.18 Å². The van der Waals surface area contributed by atoms with Crippen LogP contribution in [0.5, 0.6) is 0 Å². The normalized spacial score (nSPS) is 29.5. The van der Waals surface area contributed by atoms with Crippen molar-refractivity contribution in [3.8, 4) is 0 Å². The third kappa shape index (κ3) is 20.2. The first-order valence-electron chi connectivity index (χ1n) is 35.7. The number of rotatable bonds is 11. The van der Waals surface area contributed by atoms with Crippen molar-refractivity contribution in [2.75, 3.05) is 88.1 Å². The van der Waals surface area contributed by atoms with Gasteiger partial charge in [-0.1, -0.05) is 86.0 Å². The van der Waals surface area contributed by atoms with Crippen LogP contribution in [0.4, 0.5) is 13.2 Å². The van der Waals surface area contributed by atoms with Crippen LogP contribution in [0, 0.1) is 29.6 Å². The highest BCUT2D eigenvalue weighted by molar-refractivity contribution is 6.21. The molecule has 0 radical (unpaired) electrons. The summed E-state index contributed by atoms with van der Waals surface area (Å²) in [7, 11) is 8.49. The second kappa shape index (κ2) is 35.7. The number of likely N-dealkylation sites (tertiary alicyclic amines) is 1. The minimum absolute atomic E-state index is 0.000216. The van der Waals surface area contributed by atoms with Crippen LogP contribution in [0.15, 0.2) is 0 Å². The molecule has 28 heteroatoms. The van der Waals surface area contributed by atoms with Gasteiger partial charge in [0.05, 0.1) is 32.0 Å². The maximum atomic E-state index is 15.4. The number of nitrogens with one attached hydrogen (secondary N) is 3. The molecule has 3 aliphatic carbocycles. The van der Waals surface area contributed by atoms with Gasteiger partial charge in [-0.25, -0.2) is 0 Å². The van der Waals surface area contributed by atoms with Gasteiger partial charge in [-0.05, 0) is 120 Å². The topological polar surface area (TPSA) is 270 Å². The lowest BCUT2D eigenvalue weighted by Crippen LogP contribution is -2.65. The molecular formula is C69H112ClF3N12O12. The molecule has 3 heterocycles. The van der Waals surface area contributed by atoms with E-state index in [4.69, 9.17) is 11.6 Å². The van der Waals surface area contributed by atoms with E-state index in [1.807, 2.05) is 13.8 Å². The van der Waals surface area contributed by atoms with Crippen LogP contribution in [0.3, 0.4) is 0 Å². The summed E-state index contributed by atoms with van der Waals surface area (Å²) in [4.78, 5) is 189. The van der Waals surface area contributed by atoms with Gasteiger partial charge in [-0.15, -0.1) is 11.6 Å². The average Bonchev–Trinajstić information content (AvgIpc) is 1.75. The molecule has 3 aliphatic heterocycles. The van der Waals surface area contributed by atoms with Crippen molar-refractivity contribution < 1.29 is 70.7 Å². The Morgan fingerprint density at radius 1 is 0.629 bits per heavy atom. The number of likely N-dealkylation sites (N-methyl/N-ethyl adjacent to an activating group) is 6. The van der Waals surface area contributed by atoms with E-state index in [2.05, 4.69) is 16.0 Å². The Labute approximate surface area is 577 Å². The molecule has 24 nitrogen and oxygen atoms in total. The maximum Gasteiger partial charge on any atom is 0.393 e. The number of nitrogens with zero attached hydrogens (tertiary/aromatic N) is 9. The largest absolute Gasteiger partial charge is 0.393 e. The minimum atomic E-state index is -4.51. The van der Waals surface area contributed by atoms with Gasteiger partial charge < -0.3 is 60.0 Å². The van der Waals surface area contributed by atoms with E-state index in [0.29, 0.717) is 58.0 Å². The summed E-state index contributed by atoms with van der Waals surface area (Å²) in [5, 5.41) is 7.49. The number of halogens is 4. The van der Waals surface area contributed by atoms with Gasteiger partial charge in [0.2, 0.25) is 70.9 Å². The molecule has 0 aromatic carbocycles. The standard InChI is InChI=1S/C69H112ClF3N12O12/c1-13-33-84-45(6)60(90)75-58(44(5)14-2)65(95)79(9)41-56(88)77(7)42-57(89)80(10)52(38-46-24-17-15-18-25-46)63(93)78(8)40-54(86)74-50(30-28-47-27-29-48(49(70)37-47)69(71,72)73)62(92)85-36-23-26-51(85)61(91)76-68(31-19-20-32-68)67(97)82(12)59(43(3)4)66(96)81(11)53(39-55(84)87)64(94)83-34-21-16-22-35-83/h43-53,58-59H,13-42H2,1-12H3,(H,74,86)(H,75,90)(H,76,91)/t44-,45-,47?,48?,49?,50-,51-,52-,53-,58-,59-/m0/s1. The molecular weight excluding hydrogens is 1280 g/mol. The molecule has 0 aromatic rings. The number of hydrogen-bond acceptors (Lipinski definition) is 12. The van der Waals surface area contributed by atoms with Crippen molar-refractivity contribution in [1.82, 2.24) is 60.0 Å². The molecule has 97 heavy (non-hydrogen) atoms. The van der Waals surface area contributed by atoms with Crippen molar-refractivity contribution in [2.24, 2.45) is 29.6 Å². The predicted molar refractivity (Wildman–Crippen MR) is 358 cm³/mol. The van der Waals surface area contributed by atoms with Crippen molar-refractivity contribution in [2.45, 2.75) is 249 Å². The summed E-state index contributed by atoms with van der Waals surface area (Å²) in [6, 6.07) is -8.63. The van der Waals surface area contributed by atoms with Gasteiger partial charge in [0.15, 0.2) is 0 Å². The Bertz CT molecular complexity index is 2800. The molecule has 3 N–H and O–H groups in total. The zero-order valence-corrected chi connectivity index (χ0v) is 60.4. The number of piperidine rings is 1. The van der Waals surface area contributed by atoms with Crippen molar-refractivity contribution in [1.29, 1.82) is 0 Å². The van der Waals surface area contributed by atoms with Gasteiger partial charge in [-0.3, -0.25) is 57.5 Å². The zero-order valence-electron chi connectivity index (χ0n) is 59.7. The molecule has 3 unspecified atom stereocenters. The molecule has 12 amide bonds. The summed E-state index contributed by atoms with van der Waals surface area (Å²) >= 11 is 6.39. The van der Waals surface area contributed by atoms with Gasteiger partial charge in [0.25, 0.3) is 0 Å². The molecule has 0 bridgehead atoms. The smallest absolute Gasteiger partial charge is 0.343 e. The number of carbonyl (C=O) groups excluding carboxylic acids is 12. The number of hydrogen-bond donors (Lipinski definition) is 3. The lowest BCUT2D eigenvalue weighted by Gasteiger charge is -2.42. The van der Waals surface area contributed by atoms with E-state index in [1.54, 1.807) is 25.7 Å². The molecule has 6 fully saturated rings. The number of carbonyl (C=O) groups is 12. The fraction of sp³-hybridized carbons (Fsp3) is 0.826. The van der Waals surface area contributed by atoms with Crippen LogP contribution in [-0.4, -0.2) is 262 Å². The van der Waals surface area contributed by atoms with Gasteiger partial charge in [-0.2, -0.15) is 13.2 Å². The second-order valence-corrected chi connectivity index (χ2v) is 29.8. The summed E-state index contributed by atoms with van der Waals surface area (Å²) in [6.07, 6.45) is 4.56. The molecule has 3 saturated carbocycles. The van der Waals surface area contributed by atoms with Crippen LogP contribution >= 0.6 is 11.6 Å². The van der Waals surface area contributed by atoms with Crippen molar-refractivity contribution >= 4 is 82.5 Å². The quantitative estimate of drug-likeness (QED) is 0.222. The van der Waals surface area contributed by atoms with Crippen LogP contribution < -0.4 is 16.0 Å². The number of alkyl halides is 4. The Kier molecular flexibility index (Phi) is 29.3. The van der Waals surface area contributed by atoms with E-state index in [1.165, 1.54) is 73.7 Å². The molecule has 3 saturated heterocycles. The van der Waals surface area contributed by atoms with Crippen molar-refractivity contribution in [3.63, 3.8) is 0 Å². The van der Waals surface area contributed by atoms with E-state index in [9.17, 15) is 51.5 Å². The first-order valence-corrected chi connectivity index (χ1v) is 36.2. The summed E-state index contributed by atoms with van der Waals surface area (Å²) in [5.41, 5.74) is -1.56. The lowest BCUT2D eigenvalue weighted by molar-refractivity contribution is -0.182. The predicted octanol–water partition coefficient (Wildman–Crippen LogP) is 5.31. The number of fused-ring (bicyclic) bond motifs is 1. The Balaban J connectivity index is 1.40. The first kappa shape index (κ1) is 79.7. The molecule has 11 atom stereocenters. The van der Waals surface area contributed by atoms with E-state index < -0.39 is 174 Å². The zero-order chi connectivity index (χ0) is 72.0. The first-order chi connectivity index (χ1) is 45.7. The summed E-state index contributed by atoms with van der Waals surface area (Å²) in [5.74, 6) is -10.7. The molecule has 6 aliphatic rings. The lowest BCUT2D eigenvalue weighted by atomic mass is 9.78. The summed E-state index contributed by atoms with van der Waals surface area (Å²) in [6.45, 7) is 9.62. The maximum absolute atomic E-state index is 15.4. The highest BCUT2D eigenvalue weighted by Gasteiger charge is 2.51. The van der Waals surface area contributed by atoms with E-state index >= 15 is 19.2 Å². The van der Waals surface area contributed by atoms with Gasteiger partial charge in [0.1, 0.15) is 47.8 Å². The SMILES string of the molecule is CCCN1C(=O)C[C@@H](C(=O)N2CCCCC2)N(C)C(=O)[C@H](C(C)C)N(C)C(=O)C2(CCCC2)NC(=O)[C@@H]2CCCN2C(=O)[C@H](CCC2CCC(C(F)(F)F)C(Cl)C2)NC(=O)CN(C)C(=O)[C@H](CC2CCCCC2)N(C)C(=O)CN(C)C(=O)CN(C)C(=O)[C@H]([C@@H](C)CC)NC(=O)[C@@H]1C. The molecule has 1 spiro atoms. The Morgan fingerprint density at radius 2 is 1.25 bits per heavy atom. The Hall–Kier alpha value is -6.28. The van der Waals surface area contributed by atoms with E-state index in [-0.39, 0.29) is 82.7 Å². The molecule has 0 aromatic heterocycles. The van der Waals surface area contributed by atoms with Crippen molar-refractivity contribution in [3.05, 3.63) is 0 Å². The molecule has 548 valence electrons. The molecule has 6 rings (SSSR count). The van der Waals surface area contributed by atoms with Crippen LogP contribution in [0.1, 0.15) is 189 Å². The highest BCUT2D eigenvalue weighted by Crippen LogP contribution is 2.44. The highest BCUT2D eigenvalue weighted by atomic mass is 35.5. The Morgan fingerprint density at radius 3 is 1.85 bits per heavy atom. The average molecular weight is 1390 g/mol. The van der Waals surface area contributed by atoms with Crippen LogP contribution in [0.25, 0.3) is 0 Å². The summed E-state index contributed by atoms with van der Waals surface area (Å²) < 4.78 is 41.9. The van der Waals surface area contributed by atoms with Gasteiger partial charge in [0, 0.05) is 73.8 Å². The fourth-order valence-corrected chi connectivity index (χ4v) is 16.0. The number of amides is 12. The second-order valence-electron chi connectivity index (χ2n) is 29.2. The van der Waals surface area contributed by atoms with E-state index in [0.717, 1.165) is 53.2 Å². The third-order valence-electron chi connectivity index (χ3n) is 21.8. The fourth-order valence-electron chi connectivity index (χ4n) is 15.4. The third-order valence-corrected chi connectivity index (χ3v) is 22.2. The minimum Gasteiger partial charge on any atom is -0.343 e. The van der Waals surface area contributed by atoms with Crippen LogP contribution in [0.2, 0.25) is 0 Å². The van der Waals surface area contributed by atoms with Crippen LogP contribution in [-0.2, 0) is 57.5 Å².